The van der Waals surface area contributed by atoms with Crippen LogP contribution >= 0.6 is 0 Å². The first-order valence-electron chi connectivity index (χ1n) is 9.30. The van der Waals surface area contributed by atoms with Gasteiger partial charge in [0.2, 0.25) is 0 Å². The molecule has 2 amide bonds. The fourth-order valence-electron chi connectivity index (χ4n) is 3.53. The van der Waals surface area contributed by atoms with E-state index < -0.39 is 11.4 Å². The smallest absolute Gasteiger partial charge is 0.274 e. The van der Waals surface area contributed by atoms with Crippen molar-refractivity contribution in [2.45, 2.75) is 25.8 Å². The third kappa shape index (κ3) is 3.90. The van der Waals surface area contributed by atoms with Crippen molar-refractivity contribution in [3.8, 4) is 0 Å². The fourth-order valence-corrected chi connectivity index (χ4v) is 3.53. The maximum atomic E-state index is 13.3. The molecule has 2 aromatic rings. The van der Waals surface area contributed by atoms with E-state index >= 15 is 0 Å². The lowest BCUT2D eigenvalue weighted by atomic mass is 10.00. The van der Waals surface area contributed by atoms with Gasteiger partial charge in [0, 0.05) is 23.4 Å². The Labute approximate surface area is 169 Å². The SMILES string of the molecule is C=Nc1c(C=CC)cccc1N1CCC(C)(Nc2ccc(C(=O)NO)cc2)C1=O. The largest absolute Gasteiger partial charge is 0.371 e. The minimum Gasteiger partial charge on any atom is -0.371 e. The van der Waals surface area contributed by atoms with Gasteiger partial charge in [0.1, 0.15) is 5.54 Å². The number of hydrogen-bond acceptors (Lipinski definition) is 5. The minimum atomic E-state index is -0.796. The highest BCUT2D eigenvalue weighted by Crippen LogP contribution is 2.38. The van der Waals surface area contributed by atoms with Crippen LogP contribution in [-0.4, -0.2) is 35.8 Å². The van der Waals surface area contributed by atoms with Gasteiger partial charge in [-0.1, -0.05) is 24.3 Å². The molecule has 1 unspecified atom stereocenters. The van der Waals surface area contributed by atoms with Gasteiger partial charge in [0.25, 0.3) is 11.8 Å². The molecule has 1 fully saturated rings. The van der Waals surface area contributed by atoms with E-state index in [1.807, 2.05) is 44.2 Å². The van der Waals surface area contributed by atoms with Gasteiger partial charge in [-0.15, -0.1) is 0 Å². The third-order valence-corrected chi connectivity index (χ3v) is 5.06. The average Bonchev–Trinajstić information content (AvgIpc) is 3.02. The maximum absolute atomic E-state index is 13.3. The summed E-state index contributed by atoms with van der Waals surface area (Å²) in [5, 5.41) is 12.0. The highest BCUT2D eigenvalue weighted by atomic mass is 16.5. The average molecular weight is 392 g/mol. The molecule has 0 aliphatic carbocycles. The standard InChI is InChI=1S/C22H24N4O3/c1-4-6-15-7-5-8-18(19(15)23-3)26-14-13-22(2,21(26)28)24-17-11-9-16(10-12-17)20(27)25-29/h4-12,24,29H,3,13-14H2,1-2H3,(H,25,27). The van der Waals surface area contributed by atoms with Crippen LogP contribution in [-0.2, 0) is 4.79 Å². The Morgan fingerprint density at radius 1 is 1.28 bits per heavy atom. The molecule has 1 heterocycles. The van der Waals surface area contributed by atoms with Crippen LogP contribution in [0.25, 0.3) is 6.08 Å². The van der Waals surface area contributed by atoms with Crippen LogP contribution < -0.4 is 15.7 Å². The highest BCUT2D eigenvalue weighted by Gasteiger charge is 2.44. The van der Waals surface area contributed by atoms with Crippen molar-refractivity contribution in [3.05, 3.63) is 59.7 Å². The Morgan fingerprint density at radius 3 is 2.62 bits per heavy atom. The summed E-state index contributed by atoms with van der Waals surface area (Å²) >= 11 is 0. The molecule has 1 aliphatic heterocycles. The summed E-state index contributed by atoms with van der Waals surface area (Å²) in [5.74, 6) is -0.645. The van der Waals surface area contributed by atoms with E-state index in [0.29, 0.717) is 29.9 Å². The van der Waals surface area contributed by atoms with Crippen LogP contribution in [0.2, 0.25) is 0 Å². The molecule has 0 bridgehead atoms. The Hall–Kier alpha value is -3.45. The van der Waals surface area contributed by atoms with E-state index in [2.05, 4.69) is 17.0 Å². The number of allylic oxidation sites excluding steroid dienone is 1. The van der Waals surface area contributed by atoms with Gasteiger partial charge in [-0.3, -0.25) is 19.8 Å². The van der Waals surface area contributed by atoms with Gasteiger partial charge >= 0.3 is 0 Å². The molecular formula is C22H24N4O3. The lowest BCUT2D eigenvalue weighted by Crippen LogP contribution is -2.44. The Kier molecular flexibility index (Phi) is 5.79. The van der Waals surface area contributed by atoms with Crippen LogP contribution in [0.1, 0.15) is 36.2 Å². The van der Waals surface area contributed by atoms with Gasteiger partial charge in [-0.25, -0.2) is 5.48 Å². The van der Waals surface area contributed by atoms with Crippen molar-refractivity contribution in [2.24, 2.45) is 4.99 Å². The predicted octanol–water partition coefficient (Wildman–Crippen LogP) is 3.78. The number of nitrogens with zero attached hydrogens (tertiary/aromatic N) is 2. The van der Waals surface area contributed by atoms with Crippen LogP contribution in [0.15, 0.2) is 53.5 Å². The predicted molar refractivity (Wildman–Crippen MR) is 115 cm³/mol. The minimum absolute atomic E-state index is 0.0581. The molecule has 1 saturated heterocycles. The second-order valence-corrected chi connectivity index (χ2v) is 7.06. The van der Waals surface area contributed by atoms with Crippen LogP contribution in [0.5, 0.6) is 0 Å². The summed E-state index contributed by atoms with van der Waals surface area (Å²) in [6.45, 7) is 8.02. The lowest BCUT2D eigenvalue weighted by molar-refractivity contribution is -0.120. The number of hydroxylamine groups is 1. The number of rotatable bonds is 6. The monoisotopic (exact) mass is 392 g/mol. The maximum Gasteiger partial charge on any atom is 0.274 e. The molecule has 3 N–H and O–H groups in total. The van der Waals surface area contributed by atoms with E-state index in [9.17, 15) is 9.59 Å². The molecule has 150 valence electrons. The van der Waals surface area contributed by atoms with Crippen molar-refractivity contribution in [2.75, 3.05) is 16.8 Å². The Morgan fingerprint density at radius 2 is 2.00 bits per heavy atom. The lowest BCUT2D eigenvalue weighted by Gasteiger charge is -2.27. The quantitative estimate of drug-likeness (QED) is 0.396. The van der Waals surface area contributed by atoms with Gasteiger partial charge in [-0.2, -0.15) is 0 Å². The number of para-hydroxylation sites is 1. The van der Waals surface area contributed by atoms with E-state index in [-0.39, 0.29) is 5.91 Å². The first-order chi connectivity index (χ1) is 13.9. The Bertz CT molecular complexity index is 969. The zero-order valence-corrected chi connectivity index (χ0v) is 16.5. The summed E-state index contributed by atoms with van der Waals surface area (Å²) in [7, 11) is 0. The molecule has 1 aliphatic rings. The molecule has 0 spiro atoms. The molecule has 3 rings (SSSR count). The molecule has 1 atom stereocenters. The molecule has 7 nitrogen and oxygen atoms in total. The first-order valence-corrected chi connectivity index (χ1v) is 9.30. The molecule has 0 radical (unpaired) electrons. The zero-order valence-electron chi connectivity index (χ0n) is 16.5. The second-order valence-electron chi connectivity index (χ2n) is 7.06. The summed E-state index contributed by atoms with van der Waals surface area (Å²) in [6, 6.07) is 12.3. The summed E-state index contributed by atoms with van der Waals surface area (Å²) in [6.07, 6.45) is 4.47. The van der Waals surface area contributed by atoms with Gasteiger partial charge < -0.3 is 10.2 Å². The zero-order chi connectivity index (χ0) is 21.0. The van der Waals surface area contributed by atoms with Crippen LogP contribution in [0, 0.1) is 0 Å². The van der Waals surface area contributed by atoms with Crippen molar-refractivity contribution in [1.29, 1.82) is 0 Å². The molecule has 7 heteroatoms. The van der Waals surface area contributed by atoms with E-state index in [0.717, 1.165) is 11.3 Å². The van der Waals surface area contributed by atoms with Gasteiger partial charge in [0.05, 0.1) is 11.4 Å². The molecule has 0 saturated carbocycles. The number of aliphatic imine (C=N–C) groups is 1. The first kappa shape index (κ1) is 20.3. The number of anilines is 2. The second kappa shape index (κ2) is 8.28. The number of benzene rings is 2. The van der Waals surface area contributed by atoms with E-state index in [4.69, 9.17) is 5.21 Å². The van der Waals surface area contributed by atoms with E-state index in [1.165, 1.54) is 0 Å². The highest BCUT2D eigenvalue weighted by molar-refractivity contribution is 6.06. The topological polar surface area (TPSA) is 94.0 Å². The van der Waals surface area contributed by atoms with Crippen LogP contribution in [0.3, 0.4) is 0 Å². The molecule has 0 aromatic heterocycles. The summed E-state index contributed by atoms with van der Waals surface area (Å²) in [5.41, 5.74) is 4.17. The summed E-state index contributed by atoms with van der Waals surface area (Å²) < 4.78 is 0. The van der Waals surface area contributed by atoms with Crippen molar-refractivity contribution in [1.82, 2.24) is 5.48 Å². The fraction of sp³-hybridized carbons (Fsp3) is 0.227. The number of carbonyl (C=O) groups excluding carboxylic acids is 2. The third-order valence-electron chi connectivity index (χ3n) is 5.06. The summed E-state index contributed by atoms with van der Waals surface area (Å²) in [4.78, 5) is 30.6. The number of nitrogens with one attached hydrogen (secondary N) is 2. The molecular weight excluding hydrogens is 368 g/mol. The van der Waals surface area contributed by atoms with Gasteiger partial charge in [-0.05, 0) is 57.3 Å². The number of amides is 2. The molecule has 2 aromatic carbocycles. The molecule has 29 heavy (non-hydrogen) atoms. The van der Waals surface area contributed by atoms with Crippen molar-refractivity contribution >= 4 is 41.7 Å². The van der Waals surface area contributed by atoms with E-state index in [1.54, 1.807) is 34.6 Å². The normalized spacial score (nSPS) is 18.9. The number of hydrogen-bond donors (Lipinski definition) is 3. The van der Waals surface area contributed by atoms with Crippen molar-refractivity contribution in [3.63, 3.8) is 0 Å². The van der Waals surface area contributed by atoms with Crippen LogP contribution in [0.4, 0.5) is 17.1 Å². The van der Waals surface area contributed by atoms with Gasteiger partial charge in [0.15, 0.2) is 0 Å². The Balaban J connectivity index is 1.85. The van der Waals surface area contributed by atoms with Crippen molar-refractivity contribution < 1.29 is 14.8 Å². The number of carbonyl (C=O) groups is 2.